The van der Waals surface area contributed by atoms with Crippen LogP contribution < -0.4 is 16.4 Å². The van der Waals surface area contributed by atoms with Crippen LogP contribution in [0.15, 0.2) is 66.7 Å². The Morgan fingerprint density at radius 1 is 0.952 bits per heavy atom. The van der Waals surface area contributed by atoms with Crippen molar-refractivity contribution in [2.24, 2.45) is 5.73 Å². The number of aryl methyl sites for hydroxylation is 1. The summed E-state index contributed by atoms with van der Waals surface area (Å²) in [5.74, 6) is -1.54. The summed E-state index contributed by atoms with van der Waals surface area (Å²) in [4.78, 5) is 54.4. The molecular weight excluding hydrogens is 532 g/mol. The maximum atomic E-state index is 14.3. The molecule has 42 heavy (non-hydrogen) atoms. The van der Waals surface area contributed by atoms with Gasteiger partial charge in [0.15, 0.2) is 0 Å². The van der Waals surface area contributed by atoms with Crippen molar-refractivity contribution >= 4 is 40.3 Å². The van der Waals surface area contributed by atoms with Crippen LogP contribution in [0.3, 0.4) is 0 Å². The number of carbonyl (C=O) groups is 4. The number of nitrogens with zero attached hydrogens (tertiary/aromatic N) is 1. The number of hydrogen-bond donors (Lipinski definition) is 3. The maximum Gasteiger partial charge on any atom is 0.408 e. The molecule has 0 aliphatic heterocycles. The second kappa shape index (κ2) is 14.0. The topological polar surface area (TPSA) is 131 Å². The molecule has 3 atom stereocenters. The van der Waals surface area contributed by atoms with Gasteiger partial charge in [-0.05, 0) is 75.9 Å². The van der Waals surface area contributed by atoms with Gasteiger partial charge in [-0.15, -0.1) is 0 Å². The number of nitrogens with two attached hydrogens (primary N) is 1. The van der Waals surface area contributed by atoms with E-state index in [1.807, 2.05) is 81.4 Å². The minimum absolute atomic E-state index is 0.0484. The van der Waals surface area contributed by atoms with Gasteiger partial charge in [0.25, 0.3) is 5.91 Å². The third kappa shape index (κ3) is 8.80. The highest BCUT2D eigenvalue weighted by atomic mass is 16.6. The zero-order valence-electron chi connectivity index (χ0n) is 25.3. The van der Waals surface area contributed by atoms with Gasteiger partial charge in [0.1, 0.15) is 17.7 Å². The highest BCUT2D eigenvalue weighted by molar-refractivity contribution is 6.00. The first-order valence-corrected chi connectivity index (χ1v) is 14.2. The molecular formula is C33H42N4O5. The number of carbonyl (C=O) groups excluding carboxylic acids is 4. The molecule has 0 aliphatic carbocycles. The van der Waals surface area contributed by atoms with Gasteiger partial charge in [-0.3, -0.25) is 14.4 Å². The minimum Gasteiger partial charge on any atom is -0.444 e. The highest BCUT2D eigenvalue weighted by Gasteiger charge is 2.38. The first kappa shape index (κ1) is 32.1. The van der Waals surface area contributed by atoms with E-state index in [1.54, 1.807) is 26.8 Å². The summed E-state index contributed by atoms with van der Waals surface area (Å²) in [7, 11) is 0. The van der Waals surface area contributed by atoms with E-state index in [-0.39, 0.29) is 12.8 Å². The molecule has 9 heteroatoms. The zero-order valence-corrected chi connectivity index (χ0v) is 25.3. The number of primary amides is 1. The Kier molecular flexibility index (Phi) is 10.7. The molecule has 0 aliphatic rings. The van der Waals surface area contributed by atoms with E-state index in [9.17, 15) is 19.2 Å². The third-order valence-electron chi connectivity index (χ3n) is 6.89. The largest absolute Gasteiger partial charge is 0.444 e. The van der Waals surface area contributed by atoms with E-state index in [4.69, 9.17) is 10.5 Å². The van der Waals surface area contributed by atoms with Gasteiger partial charge in [-0.2, -0.15) is 0 Å². The second-order valence-electron chi connectivity index (χ2n) is 11.6. The summed E-state index contributed by atoms with van der Waals surface area (Å²) >= 11 is 0. The van der Waals surface area contributed by atoms with Crippen molar-refractivity contribution < 1.29 is 23.9 Å². The first-order chi connectivity index (χ1) is 19.8. The molecule has 0 aromatic heterocycles. The zero-order chi connectivity index (χ0) is 31.0. The molecule has 0 spiro atoms. The van der Waals surface area contributed by atoms with Crippen molar-refractivity contribution in [2.45, 2.75) is 84.5 Å². The molecule has 224 valence electrons. The predicted molar refractivity (Wildman–Crippen MR) is 165 cm³/mol. The molecule has 0 heterocycles. The molecule has 0 saturated heterocycles. The van der Waals surface area contributed by atoms with Crippen molar-refractivity contribution in [1.82, 2.24) is 10.2 Å². The smallest absolute Gasteiger partial charge is 0.408 e. The highest BCUT2D eigenvalue weighted by Crippen LogP contribution is 2.29. The SMILES string of the molecule is CCC(C)N(C(=O)C(CCC(N)=O)NC(=O)OC(C)(C)C)C(C(=O)Nc1ccc2ccccc2c1)c1cccc(C)c1. The first-order valence-electron chi connectivity index (χ1n) is 14.2. The van der Waals surface area contributed by atoms with Gasteiger partial charge in [0.05, 0.1) is 0 Å². The molecule has 3 unspecified atom stereocenters. The van der Waals surface area contributed by atoms with Gasteiger partial charge in [-0.1, -0.05) is 67.1 Å². The third-order valence-corrected chi connectivity index (χ3v) is 6.89. The van der Waals surface area contributed by atoms with E-state index in [1.165, 1.54) is 4.90 Å². The summed E-state index contributed by atoms with van der Waals surface area (Å²) in [5.41, 5.74) is 6.73. The quantitative estimate of drug-likeness (QED) is 0.274. The normalized spacial score (nSPS) is 13.5. The minimum atomic E-state index is -1.15. The molecule has 3 aromatic carbocycles. The maximum absolute atomic E-state index is 14.3. The van der Waals surface area contributed by atoms with Gasteiger partial charge in [0.2, 0.25) is 11.8 Å². The van der Waals surface area contributed by atoms with Crippen molar-refractivity contribution in [3.63, 3.8) is 0 Å². The van der Waals surface area contributed by atoms with Crippen LogP contribution in [0.2, 0.25) is 0 Å². The van der Waals surface area contributed by atoms with Crippen LogP contribution in [0.4, 0.5) is 10.5 Å². The van der Waals surface area contributed by atoms with Crippen molar-refractivity contribution in [1.29, 1.82) is 0 Å². The molecule has 0 radical (unpaired) electrons. The van der Waals surface area contributed by atoms with Crippen molar-refractivity contribution in [2.75, 3.05) is 5.32 Å². The Morgan fingerprint density at radius 3 is 2.26 bits per heavy atom. The van der Waals surface area contributed by atoms with Crippen LogP contribution in [-0.4, -0.2) is 46.4 Å². The van der Waals surface area contributed by atoms with Crippen LogP contribution in [-0.2, 0) is 19.1 Å². The lowest BCUT2D eigenvalue weighted by Gasteiger charge is -2.38. The van der Waals surface area contributed by atoms with E-state index in [0.29, 0.717) is 17.7 Å². The number of ether oxygens (including phenoxy) is 1. The van der Waals surface area contributed by atoms with Gasteiger partial charge in [0, 0.05) is 18.2 Å². The fraction of sp³-hybridized carbons (Fsp3) is 0.394. The molecule has 0 bridgehead atoms. The fourth-order valence-electron chi connectivity index (χ4n) is 4.73. The van der Waals surface area contributed by atoms with Gasteiger partial charge >= 0.3 is 6.09 Å². The summed E-state index contributed by atoms with van der Waals surface area (Å²) in [6.45, 7) is 10.8. The summed E-state index contributed by atoms with van der Waals surface area (Å²) < 4.78 is 5.40. The lowest BCUT2D eigenvalue weighted by molar-refractivity contribution is -0.143. The van der Waals surface area contributed by atoms with Gasteiger partial charge in [-0.25, -0.2) is 4.79 Å². The number of hydrogen-bond acceptors (Lipinski definition) is 5. The van der Waals surface area contributed by atoms with Crippen LogP contribution in [0, 0.1) is 6.92 Å². The molecule has 3 aromatic rings. The molecule has 0 saturated carbocycles. The summed E-state index contributed by atoms with van der Waals surface area (Å²) in [6.07, 6.45) is -0.458. The Hall–Kier alpha value is -4.40. The summed E-state index contributed by atoms with van der Waals surface area (Å²) in [6, 6.07) is 18.3. The number of rotatable bonds is 11. The second-order valence-corrected chi connectivity index (χ2v) is 11.6. The monoisotopic (exact) mass is 574 g/mol. The van der Waals surface area contributed by atoms with E-state index < -0.39 is 47.5 Å². The predicted octanol–water partition coefficient (Wildman–Crippen LogP) is 5.61. The number of nitrogens with one attached hydrogen (secondary N) is 2. The Balaban J connectivity index is 2.05. The van der Waals surface area contributed by atoms with E-state index in [0.717, 1.165) is 16.3 Å². The standard InChI is InChI=1S/C33H42N4O5/c1-7-22(3)37(31(40)27(17-18-28(34)38)36-32(41)42-33(4,5)6)29(25-14-10-11-21(2)19-25)30(39)35-26-16-15-23-12-8-9-13-24(23)20-26/h8-16,19-20,22,27,29H,7,17-18H2,1-6H3,(H2,34,38)(H,35,39)(H,36,41). The van der Waals surface area contributed by atoms with Crippen LogP contribution in [0.5, 0.6) is 0 Å². The summed E-state index contributed by atoms with van der Waals surface area (Å²) in [5, 5.41) is 7.63. The Morgan fingerprint density at radius 2 is 1.64 bits per heavy atom. The lowest BCUT2D eigenvalue weighted by Crippen LogP contribution is -2.55. The van der Waals surface area contributed by atoms with Crippen LogP contribution in [0.1, 0.15) is 71.0 Å². The molecule has 3 rings (SSSR count). The molecule has 4 amide bonds. The van der Waals surface area contributed by atoms with Crippen molar-refractivity contribution in [3.8, 4) is 0 Å². The average Bonchev–Trinajstić information content (AvgIpc) is 2.91. The van der Waals surface area contributed by atoms with Crippen LogP contribution >= 0.6 is 0 Å². The number of alkyl carbamates (subject to hydrolysis) is 1. The number of amides is 4. The van der Waals surface area contributed by atoms with Crippen LogP contribution in [0.25, 0.3) is 10.8 Å². The Bertz CT molecular complexity index is 1430. The lowest BCUT2D eigenvalue weighted by atomic mass is 9.97. The number of anilines is 1. The molecule has 0 fully saturated rings. The Labute approximate surface area is 247 Å². The fourth-order valence-corrected chi connectivity index (χ4v) is 4.73. The van der Waals surface area contributed by atoms with Crippen molar-refractivity contribution in [3.05, 3.63) is 77.9 Å². The number of benzene rings is 3. The van der Waals surface area contributed by atoms with Gasteiger partial charge < -0.3 is 26.0 Å². The van der Waals surface area contributed by atoms with E-state index >= 15 is 0 Å². The average molecular weight is 575 g/mol. The van der Waals surface area contributed by atoms with E-state index in [2.05, 4.69) is 10.6 Å². The molecule has 9 nitrogen and oxygen atoms in total. The molecule has 4 N–H and O–H groups in total. The number of fused-ring (bicyclic) bond motifs is 1.